The molecular formula is C11H11Cl2N3O4. The van der Waals surface area contributed by atoms with E-state index in [1.165, 1.54) is 10.9 Å². The lowest BCUT2D eigenvalue weighted by atomic mass is 10.1. The van der Waals surface area contributed by atoms with Crippen molar-refractivity contribution in [2.75, 3.05) is 6.61 Å². The molecule has 0 bridgehead atoms. The van der Waals surface area contributed by atoms with Crippen LogP contribution in [0.3, 0.4) is 0 Å². The van der Waals surface area contributed by atoms with Crippen LogP contribution in [0, 0.1) is 0 Å². The molecule has 2 aromatic heterocycles. The molecule has 0 spiro atoms. The summed E-state index contributed by atoms with van der Waals surface area (Å²) in [6, 6.07) is 1.55. The van der Waals surface area contributed by atoms with Gasteiger partial charge in [-0.05, 0) is 6.07 Å². The van der Waals surface area contributed by atoms with E-state index in [4.69, 9.17) is 33.0 Å². The predicted octanol–water partition coefficient (Wildman–Crippen LogP) is 0.350. The van der Waals surface area contributed by atoms with Crippen molar-refractivity contribution in [1.29, 1.82) is 0 Å². The fraction of sp³-hybridized carbons (Fsp3) is 0.455. The lowest BCUT2D eigenvalue weighted by Gasteiger charge is -2.16. The maximum absolute atomic E-state index is 9.99. The number of aliphatic hydroxyl groups is 3. The maximum atomic E-state index is 9.99. The van der Waals surface area contributed by atoms with Crippen LogP contribution in [0.15, 0.2) is 12.4 Å². The molecule has 1 saturated heterocycles. The van der Waals surface area contributed by atoms with Crippen molar-refractivity contribution in [2.24, 2.45) is 0 Å². The number of aromatic nitrogens is 3. The van der Waals surface area contributed by atoms with Crippen LogP contribution in [-0.4, -0.2) is 54.8 Å². The molecule has 0 aromatic carbocycles. The van der Waals surface area contributed by atoms with Crippen LogP contribution in [0.4, 0.5) is 0 Å². The highest BCUT2D eigenvalue weighted by Gasteiger charge is 2.43. The molecule has 108 valence electrons. The van der Waals surface area contributed by atoms with E-state index >= 15 is 0 Å². The van der Waals surface area contributed by atoms with Gasteiger partial charge in [-0.3, -0.25) is 4.57 Å². The van der Waals surface area contributed by atoms with Crippen molar-refractivity contribution >= 4 is 34.4 Å². The topological polar surface area (TPSA) is 101 Å². The second-order valence-corrected chi connectivity index (χ2v) is 5.25. The second kappa shape index (κ2) is 5.10. The Bertz CT molecular complexity index is 650. The van der Waals surface area contributed by atoms with Crippen molar-refractivity contribution in [3.8, 4) is 0 Å². The number of halogens is 2. The molecule has 0 aliphatic carbocycles. The zero-order valence-corrected chi connectivity index (χ0v) is 11.5. The summed E-state index contributed by atoms with van der Waals surface area (Å²) in [4.78, 5) is 8.19. The maximum Gasteiger partial charge on any atom is 0.165 e. The Labute approximate surface area is 123 Å². The van der Waals surface area contributed by atoms with Gasteiger partial charge in [0.05, 0.1) is 18.0 Å². The van der Waals surface area contributed by atoms with Crippen LogP contribution >= 0.6 is 23.2 Å². The third kappa shape index (κ3) is 2.07. The first-order chi connectivity index (χ1) is 9.52. The predicted molar refractivity (Wildman–Crippen MR) is 70.6 cm³/mol. The van der Waals surface area contributed by atoms with E-state index in [1.54, 1.807) is 6.07 Å². The van der Waals surface area contributed by atoms with Gasteiger partial charge in [0.25, 0.3) is 0 Å². The first-order valence-corrected chi connectivity index (χ1v) is 6.59. The van der Waals surface area contributed by atoms with Gasteiger partial charge in [-0.25, -0.2) is 9.97 Å². The summed E-state index contributed by atoms with van der Waals surface area (Å²) >= 11 is 11.7. The lowest BCUT2D eigenvalue weighted by Crippen LogP contribution is -2.33. The lowest BCUT2D eigenvalue weighted by molar-refractivity contribution is -0.0511. The molecule has 3 heterocycles. The number of ether oxygens (including phenoxy) is 1. The highest BCUT2D eigenvalue weighted by molar-refractivity contribution is 6.41. The average molecular weight is 320 g/mol. The van der Waals surface area contributed by atoms with Gasteiger partial charge in [-0.1, -0.05) is 23.2 Å². The number of fused-ring (bicyclic) bond motifs is 1. The van der Waals surface area contributed by atoms with Crippen molar-refractivity contribution in [1.82, 2.24) is 14.5 Å². The highest BCUT2D eigenvalue weighted by Crippen LogP contribution is 2.32. The number of hydrogen-bond donors (Lipinski definition) is 3. The van der Waals surface area contributed by atoms with Gasteiger partial charge in [-0.2, -0.15) is 0 Å². The summed E-state index contributed by atoms with van der Waals surface area (Å²) in [7, 11) is 0. The van der Waals surface area contributed by atoms with E-state index in [9.17, 15) is 10.2 Å². The summed E-state index contributed by atoms with van der Waals surface area (Å²) in [5.41, 5.74) is 0.853. The second-order valence-electron chi connectivity index (χ2n) is 4.48. The van der Waals surface area contributed by atoms with E-state index in [2.05, 4.69) is 9.97 Å². The Kier molecular flexibility index (Phi) is 3.57. The summed E-state index contributed by atoms with van der Waals surface area (Å²) in [5, 5.41) is 29.2. The summed E-state index contributed by atoms with van der Waals surface area (Å²) in [6.45, 7) is -0.401. The number of imidazole rings is 1. The van der Waals surface area contributed by atoms with Gasteiger partial charge < -0.3 is 20.1 Å². The van der Waals surface area contributed by atoms with Crippen molar-refractivity contribution < 1.29 is 20.1 Å². The Morgan fingerprint density at radius 2 is 2.05 bits per heavy atom. The van der Waals surface area contributed by atoms with Crippen molar-refractivity contribution in [2.45, 2.75) is 24.5 Å². The molecule has 0 amide bonds. The molecule has 20 heavy (non-hydrogen) atoms. The minimum absolute atomic E-state index is 0.104. The molecule has 3 rings (SSSR count). The minimum Gasteiger partial charge on any atom is -0.394 e. The van der Waals surface area contributed by atoms with Gasteiger partial charge in [0.15, 0.2) is 11.9 Å². The van der Waals surface area contributed by atoms with E-state index in [1.807, 2.05) is 0 Å². The standard InChI is InChI=1S/C11H11Cl2N3O4/c12-4-1-5-10(15-9(4)13)16(3-14-5)11-8(19)7(18)6(2-17)20-11/h1,3,6-8,11,17-19H,2H2/t6-,7-,8-,11-/m1/s1. The van der Waals surface area contributed by atoms with Gasteiger partial charge in [0.2, 0.25) is 0 Å². The number of hydrogen-bond acceptors (Lipinski definition) is 6. The molecule has 3 N–H and O–H groups in total. The monoisotopic (exact) mass is 319 g/mol. The average Bonchev–Trinajstić information content (AvgIpc) is 2.94. The number of nitrogens with zero attached hydrogens (tertiary/aromatic N) is 3. The first kappa shape index (κ1) is 14.0. The van der Waals surface area contributed by atoms with Crippen LogP contribution in [0.25, 0.3) is 11.2 Å². The van der Waals surface area contributed by atoms with Crippen LogP contribution in [0.5, 0.6) is 0 Å². The SMILES string of the molecule is OC[C@H]1O[C@@H](n2cnc3cc(Cl)c(Cl)nc32)[C@H](O)[C@@H]1O. The van der Waals surface area contributed by atoms with Crippen molar-refractivity contribution in [3.05, 3.63) is 22.6 Å². The molecule has 1 fully saturated rings. The molecule has 1 aliphatic rings. The van der Waals surface area contributed by atoms with Gasteiger partial charge in [0, 0.05) is 0 Å². The molecule has 0 unspecified atom stereocenters. The summed E-state index contributed by atoms with van der Waals surface area (Å²) in [6.07, 6.45) is -2.76. The first-order valence-electron chi connectivity index (χ1n) is 5.84. The normalized spacial score (nSPS) is 30.2. The molecule has 4 atom stereocenters. The molecule has 9 heteroatoms. The number of aliphatic hydroxyl groups excluding tert-OH is 3. The molecule has 2 aromatic rings. The van der Waals surface area contributed by atoms with Crippen LogP contribution in [0.2, 0.25) is 10.2 Å². The molecule has 0 radical (unpaired) electrons. The van der Waals surface area contributed by atoms with Gasteiger partial charge >= 0.3 is 0 Å². The zero-order chi connectivity index (χ0) is 14.4. The van der Waals surface area contributed by atoms with E-state index in [0.717, 1.165) is 0 Å². The molecule has 1 aliphatic heterocycles. The summed E-state index contributed by atoms with van der Waals surface area (Å²) in [5.74, 6) is 0. The van der Waals surface area contributed by atoms with Gasteiger partial charge in [-0.15, -0.1) is 0 Å². The Morgan fingerprint density at radius 3 is 2.70 bits per heavy atom. The Balaban J connectivity index is 2.05. The molecule has 7 nitrogen and oxygen atoms in total. The number of pyridine rings is 1. The van der Waals surface area contributed by atoms with Crippen LogP contribution in [-0.2, 0) is 4.74 Å². The fourth-order valence-electron chi connectivity index (χ4n) is 2.21. The largest absolute Gasteiger partial charge is 0.394 e. The Morgan fingerprint density at radius 1 is 1.30 bits per heavy atom. The van der Waals surface area contributed by atoms with Gasteiger partial charge in [0.1, 0.15) is 29.0 Å². The van der Waals surface area contributed by atoms with E-state index in [0.29, 0.717) is 11.2 Å². The zero-order valence-electron chi connectivity index (χ0n) is 10.0. The Hall–Kier alpha value is -0.960. The molecular weight excluding hydrogens is 309 g/mol. The highest BCUT2D eigenvalue weighted by atomic mass is 35.5. The summed E-state index contributed by atoms with van der Waals surface area (Å²) < 4.78 is 6.86. The quantitative estimate of drug-likeness (QED) is 0.690. The third-order valence-electron chi connectivity index (χ3n) is 3.25. The third-order valence-corrected chi connectivity index (χ3v) is 3.92. The van der Waals surface area contributed by atoms with Crippen LogP contribution in [0.1, 0.15) is 6.23 Å². The fourth-order valence-corrected chi connectivity index (χ4v) is 2.49. The van der Waals surface area contributed by atoms with Crippen LogP contribution < -0.4 is 0 Å². The minimum atomic E-state index is -1.21. The smallest absolute Gasteiger partial charge is 0.165 e. The molecule has 0 saturated carbocycles. The van der Waals surface area contributed by atoms with Crippen molar-refractivity contribution in [3.63, 3.8) is 0 Å². The van der Waals surface area contributed by atoms with E-state index in [-0.39, 0.29) is 10.2 Å². The number of rotatable bonds is 2. The van der Waals surface area contributed by atoms with E-state index < -0.39 is 31.1 Å².